The zero-order chi connectivity index (χ0) is 51.0. The third kappa shape index (κ3) is 12.6. The highest BCUT2D eigenvalue weighted by Crippen LogP contribution is 2.40. The standard InChI is InChI=1S/C49H55F4N7O9S/c1-47(2,3)42(44(64)58-27-35(61)23-39(58)43(63)56-25-32-10-9-30(21-38(32)50)40-26-55-29-69-40)57-41(62)28-67-19-8-18-66-17-6-7-20-68-36-15-13-33(14-16-36)60-46(70)59(45(65)48(60,4)5)34-12-11-31(24-54)37(22-34)49(51,52)53/h9-16,21-22,26,29,35,39,42,61H,6-8,17-20,23,25,27-28H2,1-5H3,(H,56,63)(H,57,62)/t35-,39+,42-/m1/s1. The molecular formula is C49H55F4N7O9S. The van der Waals surface area contributed by atoms with Crippen LogP contribution in [-0.4, -0.2) is 107 Å². The molecule has 70 heavy (non-hydrogen) atoms. The van der Waals surface area contributed by atoms with Crippen LogP contribution in [-0.2, 0) is 41.4 Å². The normalized spacial score (nSPS) is 17.4. The first-order valence-corrected chi connectivity index (χ1v) is 22.9. The minimum atomic E-state index is -4.81. The number of ether oxygens (including phenoxy) is 3. The third-order valence-electron chi connectivity index (χ3n) is 11.7. The number of β-amino-alcohol motifs (C(OH)–C–C–N with tert-alkyl or cyclic N) is 1. The number of nitriles is 1. The van der Waals surface area contributed by atoms with Gasteiger partial charge in [0.1, 0.15) is 35.8 Å². The van der Waals surface area contributed by atoms with Crippen molar-refractivity contribution >= 4 is 52.3 Å². The minimum Gasteiger partial charge on any atom is -0.494 e. The largest absolute Gasteiger partial charge is 0.494 e. The molecule has 2 aliphatic heterocycles. The summed E-state index contributed by atoms with van der Waals surface area (Å²) in [5.74, 6) is -1.82. The van der Waals surface area contributed by atoms with Gasteiger partial charge in [-0.15, -0.1) is 0 Å². The number of likely N-dealkylation sites (tertiary alicyclic amines) is 1. The maximum Gasteiger partial charge on any atom is 0.417 e. The number of alkyl halides is 3. The predicted molar refractivity (Wildman–Crippen MR) is 251 cm³/mol. The number of halogens is 4. The second-order valence-corrected chi connectivity index (χ2v) is 18.7. The highest BCUT2D eigenvalue weighted by molar-refractivity contribution is 7.81. The number of nitrogens with zero attached hydrogens (tertiary/aromatic N) is 5. The molecule has 0 aliphatic carbocycles. The van der Waals surface area contributed by atoms with Gasteiger partial charge < -0.3 is 44.2 Å². The van der Waals surface area contributed by atoms with E-state index in [2.05, 4.69) is 15.6 Å². The topological polar surface area (TPSA) is 200 Å². The molecule has 21 heteroatoms. The van der Waals surface area contributed by atoms with E-state index >= 15 is 0 Å². The van der Waals surface area contributed by atoms with Crippen LogP contribution in [0.2, 0.25) is 0 Å². The van der Waals surface area contributed by atoms with Crippen LogP contribution < -0.4 is 25.2 Å². The number of rotatable bonds is 20. The molecule has 4 aromatic rings. The summed E-state index contributed by atoms with van der Waals surface area (Å²) < 4.78 is 78.3. The number of amides is 4. The maximum atomic E-state index is 14.9. The molecule has 0 bridgehead atoms. The molecule has 16 nitrogen and oxygen atoms in total. The lowest BCUT2D eigenvalue weighted by molar-refractivity contribution is -0.144. The van der Waals surface area contributed by atoms with Crippen LogP contribution >= 0.6 is 12.2 Å². The number of carbonyl (C=O) groups excluding carboxylic acids is 4. The van der Waals surface area contributed by atoms with Gasteiger partial charge in [0.15, 0.2) is 17.3 Å². The van der Waals surface area contributed by atoms with Crippen LogP contribution in [0.5, 0.6) is 5.75 Å². The van der Waals surface area contributed by atoms with Gasteiger partial charge in [-0.25, -0.2) is 9.37 Å². The zero-order valence-electron chi connectivity index (χ0n) is 39.3. The second kappa shape index (κ2) is 22.5. The van der Waals surface area contributed by atoms with Crippen LogP contribution in [0.1, 0.15) is 77.0 Å². The van der Waals surface area contributed by atoms with Crippen LogP contribution in [0, 0.1) is 22.6 Å². The molecule has 0 saturated carbocycles. The first-order chi connectivity index (χ1) is 33.1. The predicted octanol–water partition coefficient (Wildman–Crippen LogP) is 6.68. The highest BCUT2D eigenvalue weighted by atomic mass is 32.1. The summed E-state index contributed by atoms with van der Waals surface area (Å²) >= 11 is 5.61. The number of carbonyl (C=O) groups is 4. The molecule has 3 aromatic carbocycles. The Labute approximate surface area is 407 Å². The number of nitrogens with one attached hydrogen (secondary N) is 2. The fourth-order valence-corrected chi connectivity index (χ4v) is 8.52. The molecule has 3 heterocycles. The Balaban J connectivity index is 0.870. The Hall–Kier alpha value is -6.47. The number of benzene rings is 3. The maximum absolute atomic E-state index is 14.9. The molecule has 2 aliphatic rings. The molecule has 0 radical (unpaired) electrons. The quantitative estimate of drug-likeness (QED) is 0.0482. The number of unbranched alkanes of at least 4 members (excludes halogenated alkanes) is 1. The molecule has 2 saturated heterocycles. The van der Waals surface area contributed by atoms with Gasteiger partial charge in [0, 0.05) is 56.1 Å². The van der Waals surface area contributed by atoms with Crippen LogP contribution in [0.15, 0.2) is 77.7 Å². The number of aromatic nitrogens is 1. The molecule has 0 spiro atoms. The first-order valence-electron chi connectivity index (χ1n) is 22.5. The van der Waals surface area contributed by atoms with Crippen molar-refractivity contribution in [2.45, 2.75) is 96.7 Å². The molecular weight excluding hydrogens is 939 g/mol. The number of oxazole rings is 1. The summed E-state index contributed by atoms with van der Waals surface area (Å²) in [4.78, 5) is 61.4. The number of aliphatic hydroxyl groups is 1. The van der Waals surface area contributed by atoms with Crippen molar-refractivity contribution in [3.8, 4) is 23.1 Å². The van der Waals surface area contributed by atoms with Gasteiger partial charge in [-0.3, -0.25) is 24.1 Å². The van der Waals surface area contributed by atoms with E-state index in [9.17, 15) is 47.1 Å². The van der Waals surface area contributed by atoms with E-state index in [0.29, 0.717) is 61.8 Å². The average Bonchev–Trinajstić information content (AvgIpc) is 4.03. The van der Waals surface area contributed by atoms with Crippen molar-refractivity contribution in [3.05, 3.63) is 95.8 Å². The van der Waals surface area contributed by atoms with Crippen molar-refractivity contribution in [2.75, 3.05) is 49.4 Å². The zero-order valence-corrected chi connectivity index (χ0v) is 40.1. The number of hydrogen-bond acceptors (Lipinski definition) is 12. The third-order valence-corrected chi connectivity index (χ3v) is 12.1. The fourth-order valence-electron chi connectivity index (χ4n) is 8.00. The second-order valence-electron chi connectivity index (χ2n) is 18.4. The molecule has 6 rings (SSSR count). The van der Waals surface area contributed by atoms with E-state index in [0.717, 1.165) is 17.0 Å². The van der Waals surface area contributed by atoms with E-state index in [1.807, 2.05) is 0 Å². The summed E-state index contributed by atoms with van der Waals surface area (Å²) in [5.41, 5.74) is -2.62. The lowest BCUT2D eigenvalue weighted by Gasteiger charge is -2.35. The van der Waals surface area contributed by atoms with Gasteiger partial charge in [-0.1, -0.05) is 32.9 Å². The monoisotopic (exact) mass is 993 g/mol. The lowest BCUT2D eigenvalue weighted by atomic mass is 9.85. The van der Waals surface area contributed by atoms with Gasteiger partial charge in [0.25, 0.3) is 5.91 Å². The van der Waals surface area contributed by atoms with Gasteiger partial charge in [-0.2, -0.15) is 18.4 Å². The lowest BCUT2D eigenvalue weighted by Crippen LogP contribution is -2.58. The van der Waals surface area contributed by atoms with E-state index in [1.165, 1.54) is 41.8 Å². The van der Waals surface area contributed by atoms with E-state index < -0.39 is 75.9 Å². The summed E-state index contributed by atoms with van der Waals surface area (Å²) in [6.07, 6.45) is -1.27. The van der Waals surface area contributed by atoms with E-state index in [-0.39, 0.29) is 49.1 Å². The van der Waals surface area contributed by atoms with Crippen molar-refractivity contribution in [2.24, 2.45) is 5.41 Å². The fraction of sp³-hybridized carbons (Fsp3) is 0.449. The first kappa shape index (κ1) is 52.9. The van der Waals surface area contributed by atoms with Gasteiger partial charge in [0.2, 0.25) is 17.7 Å². The molecule has 1 aromatic heterocycles. The Bertz CT molecular complexity index is 2560. The summed E-state index contributed by atoms with van der Waals surface area (Å²) in [6, 6.07) is 13.7. The summed E-state index contributed by atoms with van der Waals surface area (Å²) in [5, 5.41) is 25.1. The Morgan fingerprint density at radius 1 is 0.986 bits per heavy atom. The molecule has 2 fully saturated rings. The Morgan fingerprint density at radius 2 is 1.67 bits per heavy atom. The van der Waals surface area contributed by atoms with Crippen LogP contribution in [0.25, 0.3) is 11.3 Å². The van der Waals surface area contributed by atoms with Gasteiger partial charge in [-0.05, 0) is 99.3 Å². The average molecular weight is 994 g/mol. The molecule has 3 N–H and O–H groups in total. The van der Waals surface area contributed by atoms with E-state index in [1.54, 1.807) is 69.9 Å². The van der Waals surface area contributed by atoms with Crippen LogP contribution in [0.3, 0.4) is 0 Å². The SMILES string of the molecule is CC(C)(C)[C@H](NC(=O)COCCCOCCCCOc1ccc(N2C(=S)N(c3ccc(C#N)c(C(F)(F)F)c3)C(=O)C2(C)C)cc1)C(=O)N1C[C@H](O)C[C@H]1C(=O)NCc1ccc(-c2cnco2)cc1F. The van der Waals surface area contributed by atoms with Crippen molar-refractivity contribution in [1.29, 1.82) is 5.26 Å². The number of hydrogen-bond donors (Lipinski definition) is 3. The van der Waals surface area contributed by atoms with Crippen molar-refractivity contribution < 1.29 is 60.5 Å². The number of thiocarbonyl (C=S) groups is 1. The Morgan fingerprint density at radius 3 is 2.33 bits per heavy atom. The minimum absolute atomic E-state index is 0.0156. The smallest absolute Gasteiger partial charge is 0.417 e. The number of aliphatic hydroxyl groups excluding tert-OH is 1. The van der Waals surface area contributed by atoms with Crippen molar-refractivity contribution in [1.82, 2.24) is 20.5 Å². The van der Waals surface area contributed by atoms with Gasteiger partial charge >= 0.3 is 6.18 Å². The Kier molecular flexibility index (Phi) is 17.0. The molecule has 374 valence electrons. The molecule has 3 atom stereocenters. The van der Waals surface area contributed by atoms with Gasteiger partial charge in [0.05, 0.1) is 41.8 Å². The van der Waals surface area contributed by atoms with E-state index in [4.69, 9.17) is 30.8 Å². The summed E-state index contributed by atoms with van der Waals surface area (Å²) in [7, 11) is 0. The molecule has 4 amide bonds. The molecule has 0 unspecified atom stereocenters. The number of anilines is 2. The summed E-state index contributed by atoms with van der Waals surface area (Å²) in [6.45, 7) is 9.35. The highest BCUT2D eigenvalue weighted by Gasteiger charge is 2.51. The van der Waals surface area contributed by atoms with Crippen molar-refractivity contribution in [3.63, 3.8) is 0 Å². The van der Waals surface area contributed by atoms with Crippen LogP contribution in [0.4, 0.5) is 28.9 Å².